The van der Waals surface area contributed by atoms with E-state index < -0.39 is 24.7 Å². The second kappa shape index (κ2) is 4.04. The Morgan fingerprint density at radius 1 is 1.43 bits per heavy atom. The molecule has 84 valence electrons. The van der Waals surface area contributed by atoms with Crippen molar-refractivity contribution in [1.29, 1.82) is 0 Å². The molecule has 0 aliphatic carbocycles. The number of halogens is 3. The third kappa shape index (κ3) is 4.26. The number of rotatable bonds is 3. The standard InChI is InChI=1S/C8H13F3O3/c1-7(2)13-4-6(14-7)3-12-5-8(9,10)11/h6H,3-5H2,1-2H3. The van der Waals surface area contributed by atoms with Gasteiger partial charge in [0.15, 0.2) is 5.79 Å². The molecule has 0 radical (unpaired) electrons. The largest absolute Gasteiger partial charge is 0.411 e. The molecule has 1 saturated heterocycles. The molecule has 1 atom stereocenters. The van der Waals surface area contributed by atoms with Gasteiger partial charge >= 0.3 is 6.18 Å². The lowest BCUT2D eigenvalue weighted by Crippen LogP contribution is -2.26. The van der Waals surface area contributed by atoms with E-state index >= 15 is 0 Å². The Kier molecular flexibility index (Phi) is 3.39. The predicted molar refractivity (Wildman–Crippen MR) is 41.8 cm³/mol. The highest BCUT2D eigenvalue weighted by Crippen LogP contribution is 2.23. The fourth-order valence-corrected chi connectivity index (χ4v) is 1.15. The van der Waals surface area contributed by atoms with Crippen LogP contribution in [0.5, 0.6) is 0 Å². The summed E-state index contributed by atoms with van der Waals surface area (Å²) in [5.74, 6) is -0.716. The highest BCUT2D eigenvalue weighted by atomic mass is 19.4. The molecule has 0 bridgehead atoms. The van der Waals surface area contributed by atoms with Gasteiger partial charge in [0, 0.05) is 0 Å². The van der Waals surface area contributed by atoms with Crippen molar-refractivity contribution in [2.45, 2.75) is 31.9 Å². The summed E-state index contributed by atoms with van der Waals surface area (Å²) in [4.78, 5) is 0. The van der Waals surface area contributed by atoms with Crippen molar-refractivity contribution in [3.8, 4) is 0 Å². The Labute approximate surface area is 80.1 Å². The van der Waals surface area contributed by atoms with Crippen LogP contribution in [0.4, 0.5) is 13.2 Å². The van der Waals surface area contributed by atoms with E-state index in [1.54, 1.807) is 13.8 Å². The average Bonchev–Trinajstić information content (AvgIpc) is 2.27. The number of hydrogen-bond donors (Lipinski definition) is 0. The van der Waals surface area contributed by atoms with E-state index in [0.717, 1.165) is 0 Å². The van der Waals surface area contributed by atoms with Gasteiger partial charge in [0.05, 0.1) is 13.2 Å². The molecule has 0 aromatic rings. The topological polar surface area (TPSA) is 27.7 Å². The van der Waals surface area contributed by atoms with Gasteiger partial charge < -0.3 is 14.2 Å². The maximum atomic E-state index is 11.7. The third-order valence-electron chi connectivity index (χ3n) is 1.64. The molecule has 1 unspecified atom stereocenters. The van der Waals surface area contributed by atoms with E-state index in [1.807, 2.05) is 0 Å². The second-order valence-corrected chi connectivity index (χ2v) is 3.58. The molecule has 0 aromatic carbocycles. The molecule has 6 heteroatoms. The molecule has 0 saturated carbocycles. The van der Waals surface area contributed by atoms with Crippen molar-refractivity contribution in [2.75, 3.05) is 19.8 Å². The minimum Gasteiger partial charge on any atom is -0.369 e. The smallest absolute Gasteiger partial charge is 0.369 e. The number of alkyl halides is 3. The number of hydrogen-bond acceptors (Lipinski definition) is 3. The van der Waals surface area contributed by atoms with E-state index in [1.165, 1.54) is 0 Å². The van der Waals surface area contributed by atoms with Crippen molar-refractivity contribution >= 4 is 0 Å². The summed E-state index contributed by atoms with van der Waals surface area (Å²) in [6, 6.07) is 0. The van der Waals surface area contributed by atoms with Crippen LogP contribution in [0.2, 0.25) is 0 Å². The molecule has 1 aliphatic rings. The van der Waals surface area contributed by atoms with Gasteiger partial charge in [0.1, 0.15) is 12.7 Å². The fourth-order valence-electron chi connectivity index (χ4n) is 1.15. The zero-order valence-corrected chi connectivity index (χ0v) is 8.06. The first-order valence-corrected chi connectivity index (χ1v) is 4.25. The molecular formula is C8H13F3O3. The summed E-state index contributed by atoms with van der Waals surface area (Å²) in [5, 5.41) is 0. The quantitative estimate of drug-likeness (QED) is 0.715. The maximum Gasteiger partial charge on any atom is 0.411 e. The lowest BCUT2D eigenvalue weighted by Gasteiger charge is -2.17. The SMILES string of the molecule is CC1(C)OCC(COCC(F)(F)F)O1. The molecule has 0 N–H and O–H groups in total. The van der Waals surface area contributed by atoms with Crippen LogP contribution in [0.15, 0.2) is 0 Å². The highest BCUT2D eigenvalue weighted by Gasteiger charge is 2.34. The lowest BCUT2D eigenvalue weighted by atomic mass is 10.4. The Bertz CT molecular complexity index is 191. The Balaban J connectivity index is 2.15. The van der Waals surface area contributed by atoms with Crippen LogP contribution < -0.4 is 0 Å². The molecule has 1 fully saturated rings. The third-order valence-corrected chi connectivity index (χ3v) is 1.64. The van der Waals surface area contributed by atoms with Gasteiger partial charge in [-0.05, 0) is 13.8 Å². The van der Waals surface area contributed by atoms with Crippen LogP contribution in [-0.2, 0) is 14.2 Å². The van der Waals surface area contributed by atoms with Crippen molar-refractivity contribution < 1.29 is 27.4 Å². The van der Waals surface area contributed by atoms with E-state index in [0.29, 0.717) is 0 Å². The van der Waals surface area contributed by atoms with Gasteiger partial charge in [-0.1, -0.05) is 0 Å². The van der Waals surface area contributed by atoms with Gasteiger partial charge in [0.25, 0.3) is 0 Å². The summed E-state index contributed by atoms with van der Waals surface area (Å²) in [6.45, 7) is 2.34. The first-order chi connectivity index (χ1) is 6.29. The van der Waals surface area contributed by atoms with Crippen LogP contribution in [0.3, 0.4) is 0 Å². The molecule has 1 rings (SSSR count). The Morgan fingerprint density at radius 2 is 2.07 bits per heavy atom. The monoisotopic (exact) mass is 214 g/mol. The molecule has 14 heavy (non-hydrogen) atoms. The summed E-state index contributed by atoms with van der Waals surface area (Å²) in [6.07, 6.45) is -4.69. The Morgan fingerprint density at radius 3 is 2.50 bits per heavy atom. The molecule has 1 aliphatic heterocycles. The summed E-state index contributed by atoms with van der Waals surface area (Å²) in [5.41, 5.74) is 0. The van der Waals surface area contributed by atoms with Gasteiger partial charge in [-0.15, -0.1) is 0 Å². The van der Waals surface area contributed by atoms with Gasteiger partial charge in [-0.2, -0.15) is 13.2 Å². The average molecular weight is 214 g/mol. The van der Waals surface area contributed by atoms with Crippen molar-refractivity contribution in [2.24, 2.45) is 0 Å². The fraction of sp³-hybridized carbons (Fsp3) is 1.00. The van der Waals surface area contributed by atoms with E-state index in [4.69, 9.17) is 9.47 Å². The van der Waals surface area contributed by atoms with Crippen LogP contribution >= 0.6 is 0 Å². The van der Waals surface area contributed by atoms with Crippen LogP contribution in [0.25, 0.3) is 0 Å². The first-order valence-electron chi connectivity index (χ1n) is 4.25. The lowest BCUT2D eigenvalue weighted by molar-refractivity contribution is -0.185. The van der Waals surface area contributed by atoms with Gasteiger partial charge in [-0.25, -0.2) is 0 Å². The molecule has 0 spiro atoms. The first kappa shape index (κ1) is 11.7. The molecule has 0 amide bonds. The minimum atomic E-state index is -4.28. The van der Waals surface area contributed by atoms with Crippen molar-refractivity contribution in [3.05, 3.63) is 0 Å². The minimum absolute atomic E-state index is 0.0943. The van der Waals surface area contributed by atoms with Crippen LogP contribution in [0, 0.1) is 0 Å². The summed E-state index contributed by atoms with van der Waals surface area (Å²) < 4.78 is 49.9. The van der Waals surface area contributed by atoms with Gasteiger partial charge in [0.2, 0.25) is 0 Å². The van der Waals surface area contributed by atoms with E-state index in [2.05, 4.69) is 4.74 Å². The Hall–Kier alpha value is -0.330. The van der Waals surface area contributed by atoms with E-state index in [9.17, 15) is 13.2 Å². The predicted octanol–water partition coefficient (Wildman–Crippen LogP) is 1.72. The second-order valence-electron chi connectivity index (χ2n) is 3.58. The van der Waals surface area contributed by atoms with Crippen LogP contribution in [0.1, 0.15) is 13.8 Å². The summed E-state index contributed by atoms with van der Waals surface area (Å²) >= 11 is 0. The van der Waals surface area contributed by atoms with Gasteiger partial charge in [-0.3, -0.25) is 0 Å². The molecule has 3 nitrogen and oxygen atoms in total. The molecule has 1 heterocycles. The summed E-state index contributed by atoms with van der Waals surface area (Å²) in [7, 11) is 0. The highest BCUT2D eigenvalue weighted by molar-refractivity contribution is 4.70. The van der Waals surface area contributed by atoms with Crippen LogP contribution in [-0.4, -0.2) is 37.9 Å². The molecular weight excluding hydrogens is 201 g/mol. The number of ether oxygens (including phenoxy) is 3. The van der Waals surface area contributed by atoms with E-state index in [-0.39, 0.29) is 13.2 Å². The van der Waals surface area contributed by atoms with Crippen molar-refractivity contribution in [1.82, 2.24) is 0 Å². The zero-order valence-electron chi connectivity index (χ0n) is 8.06. The zero-order chi connectivity index (χ0) is 10.8. The normalized spacial score (nSPS) is 26.8. The van der Waals surface area contributed by atoms with Crippen molar-refractivity contribution in [3.63, 3.8) is 0 Å². The molecule has 0 aromatic heterocycles. The maximum absolute atomic E-state index is 11.7.